The Morgan fingerprint density at radius 1 is 0.971 bits per heavy atom. The summed E-state index contributed by atoms with van der Waals surface area (Å²) in [7, 11) is -0.596. The minimum Gasteiger partial charge on any atom is -0.346 e. The van der Waals surface area contributed by atoms with E-state index >= 15 is 0 Å². The van der Waals surface area contributed by atoms with Gasteiger partial charge in [-0.25, -0.2) is 12.7 Å². The molecule has 2 aliphatic rings. The zero-order valence-corrected chi connectivity index (χ0v) is 20.4. The highest BCUT2D eigenvalue weighted by Crippen LogP contribution is 2.31. The summed E-state index contributed by atoms with van der Waals surface area (Å²) in [6.07, 6.45) is 4.78. The van der Waals surface area contributed by atoms with Gasteiger partial charge in [0.25, 0.3) is 17.7 Å². The fourth-order valence-electron chi connectivity index (χ4n) is 4.57. The van der Waals surface area contributed by atoms with E-state index in [1.54, 1.807) is 31.2 Å². The molecule has 8 nitrogen and oxygen atoms in total. The van der Waals surface area contributed by atoms with Gasteiger partial charge in [0.05, 0.1) is 22.1 Å². The molecule has 2 aromatic carbocycles. The van der Waals surface area contributed by atoms with Crippen molar-refractivity contribution < 1.29 is 22.8 Å². The predicted molar refractivity (Wildman–Crippen MR) is 127 cm³/mol. The molecule has 1 N–H and O–H groups in total. The maximum Gasteiger partial charge on any atom is 0.261 e. The number of amides is 3. The van der Waals surface area contributed by atoms with E-state index in [9.17, 15) is 22.8 Å². The van der Waals surface area contributed by atoms with Gasteiger partial charge in [-0.05, 0) is 55.7 Å². The molecule has 1 saturated carbocycles. The van der Waals surface area contributed by atoms with Crippen LogP contribution in [0.1, 0.15) is 81.7 Å². The van der Waals surface area contributed by atoms with Crippen molar-refractivity contribution in [2.45, 2.75) is 56.0 Å². The van der Waals surface area contributed by atoms with Crippen molar-refractivity contribution in [3.05, 3.63) is 64.7 Å². The van der Waals surface area contributed by atoms with E-state index in [0.717, 1.165) is 42.0 Å². The molecule has 1 heterocycles. The molecule has 3 amide bonds. The zero-order chi connectivity index (χ0) is 24.6. The Kier molecular flexibility index (Phi) is 6.60. The fraction of sp³-hybridized carbons (Fsp3) is 0.400. The summed E-state index contributed by atoms with van der Waals surface area (Å²) in [5, 5.41) is 2.88. The number of hydrogen-bond acceptors (Lipinski definition) is 5. The van der Waals surface area contributed by atoms with Gasteiger partial charge in [-0.2, -0.15) is 0 Å². The van der Waals surface area contributed by atoms with Crippen LogP contribution in [0.2, 0.25) is 0 Å². The molecule has 0 bridgehead atoms. The van der Waals surface area contributed by atoms with Crippen LogP contribution in [0.5, 0.6) is 0 Å². The molecule has 0 radical (unpaired) electrons. The smallest absolute Gasteiger partial charge is 0.261 e. The number of carbonyl (C=O) groups is 3. The van der Waals surface area contributed by atoms with E-state index in [2.05, 4.69) is 5.32 Å². The lowest BCUT2D eigenvalue weighted by Gasteiger charge is -2.29. The normalized spacial score (nSPS) is 17.7. The van der Waals surface area contributed by atoms with Crippen LogP contribution in [-0.4, -0.2) is 55.5 Å². The molecule has 34 heavy (non-hydrogen) atoms. The lowest BCUT2D eigenvalue weighted by Crippen LogP contribution is -2.40. The molecule has 2 aromatic rings. The fourth-order valence-corrected chi connectivity index (χ4v) is 5.48. The molecule has 0 saturated heterocycles. The van der Waals surface area contributed by atoms with Crippen molar-refractivity contribution in [2.75, 3.05) is 14.1 Å². The van der Waals surface area contributed by atoms with Gasteiger partial charge in [0.2, 0.25) is 10.0 Å². The number of carbonyl (C=O) groups excluding carboxylic acids is 3. The molecule has 0 spiro atoms. The predicted octanol–water partition coefficient (Wildman–Crippen LogP) is 3.36. The summed E-state index contributed by atoms with van der Waals surface area (Å²) in [6, 6.07) is 10.5. The highest BCUT2D eigenvalue weighted by molar-refractivity contribution is 7.89. The maximum atomic E-state index is 13.0. The van der Waals surface area contributed by atoms with E-state index in [1.807, 2.05) is 0 Å². The number of nitrogens with zero attached hydrogens (tertiary/aromatic N) is 2. The Bertz CT molecular complexity index is 1230. The van der Waals surface area contributed by atoms with Crippen LogP contribution in [0.25, 0.3) is 0 Å². The Labute approximate surface area is 200 Å². The first-order chi connectivity index (χ1) is 16.1. The van der Waals surface area contributed by atoms with Gasteiger partial charge in [-0.1, -0.05) is 31.4 Å². The topological polar surface area (TPSA) is 104 Å². The number of sulfonamides is 1. The Hall–Kier alpha value is -3.04. The number of hydrogen-bond donors (Lipinski definition) is 1. The van der Waals surface area contributed by atoms with Crippen LogP contribution >= 0.6 is 0 Å². The molecule has 1 atom stereocenters. The average molecular weight is 484 g/mol. The van der Waals surface area contributed by atoms with E-state index < -0.39 is 16.1 Å². The van der Waals surface area contributed by atoms with Gasteiger partial charge in [-0.15, -0.1) is 0 Å². The average Bonchev–Trinajstić information content (AvgIpc) is 3.08. The standard InChI is InChI=1S/C25H29N3O5S/c1-16(17-9-12-20(13-10-17)34(32,33)27(2)3)26-23(29)18-11-14-21-22(15-18)25(31)28(24(21)30)19-7-5-4-6-8-19/h9-16,19H,4-8H2,1-3H3,(H,26,29). The molecule has 4 rings (SSSR count). The van der Waals surface area contributed by atoms with Crippen LogP contribution < -0.4 is 5.32 Å². The van der Waals surface area contributed by atoms with E-state index in [4.69, 9.17) is 0 Å². The summed E-state index contributed by atoms with van der Waals surface area (Å²) >= 11 is 0. The summed E-state index contributed by atoms with van der Waals surface area (Å²) in [4.78, 5) is 40.3. The third-order valence-corrected chi connectivity index (χ3v) is 8.46. The lowest BCUT2D eigenvalue weighted by atomic mass is 9.94. The summed E-state index contributed by atoms with van der Waals surface area (Å²) in [5.41, 5.74) is 1.65. The molecular weight excluding hydrogens is 454 g/mol. The van der Waals surface area contributed by atoms with Crippen LogP contribution in [0.3, 0.4) is 0 Å². The summed E-state index contributed by atoms with van der Waals surface area (Å²) < 4.78 is 25.6. The van der Waals surface area contributed by atoms with Crippen molar-refractivity contribution in [1.29, 1.82) is 0 Å². The number of imide groups is 1. The molecule has 1 unspecified atom stereocenters. The van der Waals surface area contributed by atoms with Gasteiger partial charge in [0, 0.05) is 25.7 Å². The van der Waals surface area contributed by atoms with E-state index in [1.165, 1.54) is 37.2 Å². The first-order valence-electron chi connectivity index (χ1n) is 11.5. The monoisotopic (exact) mass is 483 g/mol. The molecule has 1 fully saturated rings. The second-order valence-electron chi connectivity index (χ2n) is 9.08. The quantitative estimate of drug-likeness (QED) is 0.635. The van der Waals surface area contributed by atoms with Gasteiger partial charge >= 0.3 is 0 Å². The molecule has 180 valence electrons. The minimum absolute atomic E-state index is 0.0715. The Morgan fingerprint density at radius 3 is 2.21 bits per heavy atom. The first-order valence-corrected chi connectivity index (χ1v) is 12.9. The molecule has 0 aromatic heterocycles. The van der Waals surface area contributed by atoms with E-state index in [0.29, 0.717) is 11.1 Å². The number of nitrogens with one attached hydrogen (secondary N) is 1. The molecule has 9 heteroatoms. The Morgan fingerprint density at radius 2 is 1.59 bits per heavy atom. The van der Waals surface area contributed by atoms with Crippen molar-refractivity contribution in [3.8, 4) is 0 Å². The first kappa shape index (κ1) is 24.1. The number of fused-ring (bicyclic) bond motifs is 1. The van der Waals surface area contributed by atoms with Crippen molar-refractivity contribution in [3.63, 3.8) is 0 Å². The van der Waals surface area contributed by atoms with Crippen LogP contribution in [0.4, 0.5) is 0 Å². The number of benzene rings is 2. The van der Waals surface area contributed by atoms with E-state index in [-0.39, 0.29) is 34.2 Å². The molecular formula is C25H29N3O5S. The van der Waals surface area contributed by atoms with Gasteiger partial charge in [0.1, 0.15) is 0 Å². The highest BCUT2D eigenvalue weighted by atomic mass is 32.2. The summed E-state index contributed by atoms with van der Waals surface area (Å²) in [6.45, 7) is 1.79. The Balaban J connectivity index is 1.48. The van der Waals surface area contributed by atoms with Crippen LogP contribution in [0, 0.1) is 0 Å². The van der Waals surface area contributed by atoms with Gasteiger partial charge in [0.15, 0.2) is 0 Å². The van der Waals surface area contributed by atoms with Crippen molar-refractivity contribution in [2.24, 2.45) is 0 Å². The third kappa shape index (κ3) is 4.37. The molecule has 1 aliphatic heterocycles. The largest absolute Gasteiger partial charge is 0.346 e. The summed E-state index contributed by atoms with van der Waals surface area (Å²) in [5.74, 6) is -0.982. The van der Waals surface area contributed by atoms with Gasteiger partial charge in [-0.3, -0.25) is 19.3 Å². The molecule has 1 aliphatic carbocycles. The van der Waals surface area contributed by atoms with Crippen molar-refractivity contribution in [1.82, 2.24) is 14.5 Å². The van der Waals surface area contributed by atoms with Crippen LogP contribution in [0.15, 0.2) is 47.4 Å². The second kappa shape index (κ2) is 9.31. The third-order valence-electron chi connectivity index (χ3n) is 6.63. The zero-order valence-electron chi connectivity index (χ0n) is 19.6. The second-order valence-corrected chi connectivity index (χ2v) is 11.2. The maximum absolute atomic E-state index is 13.0. The van der Waals surface area contributed by atoms with Crippen molar-refractivity contribution >= 4 is 27.7 Å². The van der Waals surface area contributed by atoms with Gasteiger partial charge < -0.3 is 5.32 Å². The highest BCUT2D eigenvalue weighted by Gasteiger charge is 2.40. The number of rotatable bonds is 6. The van der Waals surface area contributed by atoms with Crippen LogP contribution in [-0.2, 0) is 10.0 Å². The lowest BCUT2D eigenvalue weighted by molar-refractivity contribution is 0.0548. The minimum atomic E-state index is -3.53. The SMILES string of the molecule is CC(NC(=O)c1ccc2c(c1)C(=O)N(C1CCCCC1)C2=O)c1ccc(S(=O)(=O)N(C)C)cc1.